The van der Waals surface area contributed by atoms with Gasteiger partial charge in [0.15, 0.2) is 0 Å². The van der Waals surface area contributed by atoms with E-state index in [0.717, 1.165) is 80.0 Å². The lowest BCUT2D eigenvalue weighted by Crippen LogP contribution is -2.36. The number of nitrogens with zero attached hydrogens (tertiary/aromatic N) is 5. The second kappa shape index (κ2) is 9.16. The first kappa shape index (κ1) is 22.9. The van der Waals surface area contributed by atoms with Crippen LogP contribution in [0.5, 0.6) is 0 Å². The Labute approximate surface area is 211 Å². The average molecular weight is 483 g/mol. The van der Waals surface area contributed by atoms with E-state index in [9.17, 15) is 4.79 Å². The fourth-order valence-electron chi connectivity index (χ4n) is 5.53. The second-order valence-corrected chi connectivity index (χ2v) is 10.2. The van der Waals surface area contributed by atoms with E-state index in [0.29, 0.717) is 11.5 Å². The van der Waals surface area contributed by atoms with Crippen LogP contribution in [0.2, 0.25) is 0 Å². The van der Waals surface area contributed by atoms with Crippen LogP contribution in [-0.2, 0) is 9.53 Å². The van der Waals surface area contributed by atoms with E-state index in [2.05, 4.69) is 55.0 Å². The van der Waals surface area contributed by atoms with E-state index >= 15 is 0 Å². The minimum Gasteiger partial charge on any atom is -0.378 e. The molecule has 1 amide bonds. The van der Waals surface area contributed by atoms with Crippen molar-refractivity contribution < 1.29 is 9.53 Å². The van der Waals surface area contributed by atoms with Crippen LogP contribution in [0.1, 0.15) is 29.8 Å². The number of nitrogens with one attached hydrogen (secondary N) is 1. The summed E-state index contributed by atoms with van der Waals surface area (Å²) in [6.45, 7) is 7.25. The predicted molar refractivity (Wildman–Crippen MR) is 139 cm³/mol. The number of morpholine rings is 1. The summed E-state index contributed by atoms with van der Waals surface area (Å²) in [5.41, 5.74) is 3.61. The summed E-state index contributed by atoms with van der Waals surface area (Å²) in [4.78, 5) is 31.1. The van der Waals surface area contributed by atoms with Gasteiger partial charge in [-0.1, -0.05) is 5.92 Å². The number of ether oxygens (including phenoxy) is 1. The van der Waals surface area contributed by atoms with Crippen molar-refractivity contribution in [3.05, 3.63) is 53.7 Å². The Balaban J connectivity index is 1.22. The largest absolute Gasteiger partial charge is 0.378 e. The van der Waals surface area contributed by atoms with Crippen molar-refractivity contribution in [1.29, 1.82) is 0 Å². The number of anilines is 2. The van der Waals surface area contributed by atoms with Gasteiger partial charge in [0.2, 0.25) is 5.91 Å². The molecule has 0 radical (unpaired) electrons. The molecule has 8 nitrogen and oxygen atoms in total. The first-order chi connectivity index (χ1) is 17.5. The summed E-state index contributed by atoms with van der Waals surface area (Å²) in [5.74, 6) is 7.11. The van der Waals surface area contributed by atoms with E-state index in [1.807, 2.05) is 25.3 Å². The SMILES string of the molecule is Cc1ncc(C#Cc2ccc(N3CCOCC3)cn2)c2cc(NC(=O)[C@H]3C[C@@]34CCN(C)C4)ncc12. The summed E-state index contributed by atoms with van der Waals surface area (Å²) >= 11 is 0. The number of aromatic nitrogens is 3. The number of likely N-dealkylation sites (tertiary alicyclic amines) is 1. The van der Waals surface area contributed by atoms with Gasteiger partial charge in [0.1, 0.15) is 11.5 Å². The number of carbonyl (C=O) groups excluding carboxylic acids is 1. The molecule has 1 aliphatic carbocycles. The van der Waals surface area contributed by atoms with Crippen LogP contribution in [-0.4, -0.2) is 72.2 Å². The summed E-state index contributed by atoms with van der Waals surface area (Å²) in [6.07, 6.45) is 7.49. The van der Waals surface area contributed by atoms with E-state index in [1.165, 1.54) is 0 Å². The number of carbonyl (C=O) groups is 1. The number of pyridine rings is 3. The van der Waals surface area contributed by atoms with Crippen molar-refractivity contribution in [2.45, 2.75) is 19.8 Å². The standard InChI is InChI=1S/C28H30N6O2/c1-19-24-17-31-26(32-27(35)25-14-28(25)7-8-33(2)18-28)13-23(24)20(15-29-19)3-4-21-5-6-22(16-30-21)34-9-11-36-12-10-34/h5-6,13,15-17,25H,7-12,14,18H2,1-2H3,(H,31,32,35)/t25-,28-/m1/s1. The first-order valence-corrected chi connectivity index (χ1v) is 12.6. The maximum atomic E-state index is 13.0. The molecule has 1 spiro atoms. The van der Waals surface area contributed by atoms with Crippen molar-refractivity contribution in [2.75, 3.05) is 56.7 Å². The van der Waals surface area contributed by atoms with Gasteiger partial charge >= 0.3 is 0 Å². The summed E-state index contributed by atoms with van der Waals surface area (Å²) in [5, 5.41) is 4.91. The highest BCUT2D eigenvalue weighted by molar-refractivity contribution is 5.97. The van der Waals surface area contributed by atoms with Crippen molar-refractivity contribution in [2.24, 2.45) is 11.3 Å². The minimum absolute atomic E-state index is 0.0696. The van der Waals surface area contributed by atoms with Crippen LogP contribution in [0.25, 0.3) is 10.8 Å². The number of hydrogen-bond acceptors (Lipinski definition) is 7. The first-order valence-electron chi connectivity index (χ1n) is 12.6. The molecule has 0 bridgehead atoms. The molecule has 1 saturated carbocycles. The van der Waals surface area contributed by atoms with Crippen LogP contribution in [0.3, 0.4) is 0 Å². The number of hydrogen-bond donors (Lipinski definition) is 1. The lowest BCUT2D eigenvalue weighted by Gasteiger charge is -2.28. The Morgan fingerprint density at radius 3 is 2.69 bits per heavy atom. The smallest absolute Gasteiger partial charge is 0.229 e. The van der Waals surface area contributed by atoms with Gasteiger partial charge in [-0.3, -0.25) is 9.78 Å². The predicted octanol–water partition coefficient (Wildman–Crippen LogP) is 2.85. The average Bonchev–Trinajstić information content (AvgIpc) is 3.49. The molecule has 184 valence electrons. The summed E-state index contributed by atoms with van der Waals surface area (Å²) < 4.78 is 5.43. The highest BCUT2D eigenvalue weighted by atomic mass is 16.5. The molecule has 2 atom stereocenters. The Kier molecular flexibility index (Phi) is 5.82. The monoisotopic (exact) mass is 482 g/mol. The van der Waals surface area contributed by atoms with Gasteiger partial charge in [0.05, 0.1) is 30.7 Å². The lowest BCUT2D eigenvalue weighted by atomic mass is 10.0. The molecule has 6 rings (SSSR count). The van der Waals surface area contributed by atoms with Crippen molar-refractivity contribution in [3.8, 4) is 11.8 Å². The van der Waals surface area contributed by atoms with Crippen molar-refractivity contribution >= 4 is 28.2 Å². The molecule has 0 aromatic carbocycles. The zero-order valence-corrected chi connectivity index (χ0v) is 20.8. The maximum Gasteiger partial charge on any atom is 0.229 e. The molecule has 3 fully saturated rings. The summed E-state index contributed by atoms with van der Waals surface area (Å²) in [6, 6.07) is 5.91. The van der Waals surface area contributed by atoms with Gasteiger partial charge in [0.25, 0.3) is 0 Å². The third-order valence-corrected chi connectivity index (χ3v) is 7.75. The highest BCUT2D eigenvalue weighted by Crippen LogP contribution is 2.58. The Bertz CT molecular complexity index is 1370. The minimum atomic E-state index is 0.0696. The van der Waals surface area contributed by atoms with Crippen molar-refractivity contribution in [1.82, 2.24) is 19.9 Å². The van der Waals surface area contributed by atoms with Gasteiger partial charge in [0, 0.05) is 54.4 Å². The number of amides is 1. The van der Waals surface area contributed by atoms with Crippen molar-refractivity contribution in [3.63, 3.8) is 0 Å². The van der Waals surface area contributed by atoms with Crippen LogP contribution >= 0.6 is 0 Å². The summed E-state index contributed by atoms with van der Waals surface area (Å²) in [7, 11) is 2.12. The van der Waals surface area contributed by atoms with Gasteiger partial charge in [-0.05, 0) is 62.9 Å². The van der Waals surface area contributed by atoms with Crippen LogP contribution in [0, 0.1) is 30.1 Å². The van der Waals surface area contributed by atoms with Gasteiger partial charge in [-0.2, -0.15) is 0 Å². The number of aryl methyl sites for hydroxylation is 1. The van der Waals surface area contributed by atoms with E-state index < -0.39 is 0 Å². The molecule has 2 saturated heterocycles. The normalized spacial score (nSPS) is 23.5. The Morgan fingerprint density at radius 2 is 1.94 bits per heavy atom. The second-order valence-electron chi connectivity index (χ2n) is 10.2. The van der Waals surface area contributed by atoms with Gasteiger partial charge < -0.3 is 19.9 Å². The lowest BCUT2D eigenvalue weighted by molar-refractivity contribution is -0.118. The zero-order valence-electron chi connectivity index (χ0n) is 20.8. The van der Waals surface area contributed by atoms with E-state index in [4.69, 9.17) is 4.74 Å². The molecule has 1 N–H and O–H groups in total. The topological polar surface area (TPSA) is 83.5 Å². The maximum absolute atomic E-state index is 13.0. The molecular weight excluding hydrogens is 452 g/mol. The van der Waals surface area contributed by atoms with E-state index in [1.54, 1.807) is 12.4 Å². The fourth-order valence-corrected chi connectivity index (χ4v) is 5.53. The zero-order chi connectivity index (χ0) is 24.7. The fraction of sp³-hybridized carbons (Fsp3) is 0.429. The molecule has 8 heteroatoms. The number of rotatable bonds is 3. The third-order valence-electron chi connectivity index (χ3n) is 7.75. The van der Waals surface area contributed by atoms with Crippen LogP contribution < -0.4 is 10.2 Å². The Morgan fingerprint density at radius 1 is 1.08 bits per heavy atom. The molecule has 3 aromatic heterocycles. The molecule has 0 unspecified atom stereocenters. The van der Waals surface area contributed by atoms with Gasteiger partial charge in [-0.15, -0.1) is 0 Å². The van der Waals surface area contributed by atoms with Gasteiger partial charge in [-0.25, -0.2) is 9.97 Å². The van der Waals surface area contributed by atoms with Crippen LogP contribution in [0.4, 0.5) is 11.5 Å². The molecule has 36 heavy (non-hydrogen) atoms. The quantitative estimate of drug-likeness (QED) is 0.575. The molecule has 3 aromatic rings. The third kappa shape index (κ3) is 4.41. The highest BCUT2D eigenvalue weighted by Gasteiger charge is 2.60. The molecule has 3 aliphatic rings. The molecule has 5 heterocycles. The van der Waals surface area contributed by atoms with Crippen LogP contribution in [0.15, 0.2) is 36.8 Å². The Hall–Kier alpha value is -3.54. The molecule has 2 aliphatic heterocycles. The molecular formula is C28H30N6O2. The number of fused-ring (bicyclic) bond motifs is 1. The van der Waals surface area contributed by atoms with E-state index in [-0.39, 0.29) is 17.2 Å².